The van der Waals surface area contributed by atoms with Crippen molar-refractivity contribution in [1.29, 1.82) is 0 Å². The van der Waals surface area contributed by atoms with E-state index in [2.05, 4.69) is 62.5 Å². The first kappa shape index (κ1) is 81.0. The van der Waals surface area contributed by atoms with Crippen LogP contribution >= 0.6 is 7.82 Å². The molecule has 0 aromatic carbocycles. The summed E-state index contributed by atoms with van der Waals surface area (Å²) in [5.74, 6) is -0.488. The van der Waals surface area contributed by atoms with Crippen molar-refractivity contribution in [3.63, 3.8) is 0 Å². The molecule has 0 saturated carbocycles. The molecule has 83 heavy (non-hydrogen) atoms. The molecule has 488 valence electrons. The number of allylic oxidation sites excluding steroid dienone is 7. The van der Waals surface area contributed by atoms with E-state index in [0.29, 0.717) is 23.9 Å². The van der Waals surface area contributed by atoms with Crippen LogP contribution in [0, 0.1) is 0 Å². The summed E-state index contributed by atoms with van der Waals surface area (Å²) in [7, 11) is 1.51. The van der Waals surface area contributed by atoms with E-state index in [0.717, 1.165) is 70.6 Å². The van der Waals surface area contributed by atoms with Crippen LogP contribution < -0.4 is 5.32 Å². The number of hydrogen-bond acceptors (Lipinski definition) is 6. The number of unbranched alkanes of at least 4 members (excludes halogenated alkanes) is 44. The van der Waals surface area contributed by atoms with Crippen LogP contribution in [0.3, 0.4) is 0 Å². The minimum absolute atomic E-state index is 0.0425. The monoisotopic (exact) mass is 1190 g/mol. The Hall–Kier alpha value is -2.03. The van der Waals surface area contributed by atoms with Crippen molar-refractivity contribution in [1.82, 2.24) is 5.32 Å². The minimum atomic E-state index is -4.45. The fraction of sp³-hybridized carbons (Fsp3) is 0.863. The molecule has 10 heteroatoms. The van der Waals surface area contributed by atoms with Crippen molar-refractivity contribution in [2.24, 2.45) is 0 Å². The van der Waals surface area contributed by atoms with E-state index in [1.807, 2.05) is 33.3 Å². The van der Waals surface area contributed by atoms with Gasteiger partial charge in [0, 0.05) is 12.8 Å². The number of hydrogen-bond donors (Lipinski definition) is 2. The third-order valence-electron chi connectivity index (χ3n) is 16.3. The molecule has 0 heterocycles. The van der Waals surface area contributed by atoms with Gasteiger partial charge in [0.2, 0.25) is 5.91 Å². The van der Waals surface area contributed by atoms with Crippen LogP contribution in [0.25, 0.3) is 0 Å². The van der Waals surface area contributed by atoms with Crippen LogP contribution in [0.5, 0.6) is 0 Å². The molecule has 0 aromatic rings. The Labute approximate surface area is 516 Å². The Kier molecular flexibility index (Phi) is 61.5. The zero-order valence-corrected chi connectivity index (χ0v) is 56.8. The number of quaternary nitrogens is 1. The second kappa shape index (κ2) is 63.0. The summed E-state index contributed by atoms with van der Waals surface area (Å²) in [4.78, 5) is 37.9. The van der Waals surface area contributed by atoms with Crippen LogP contribution in [0.15, 0.2) is 48.6 Å². The average Bonchev–Trinajstić information content (AvgIpc) is 3.51. The Morgan fingerprint density at radius 3 is 1.12 bits per heavy atom. The minimum Gasteiger partial charge on any atom is -0.456 e. The van der Waals surface area contributed by atoms with E-state index >= 15 is 0 Å². The number of nitrogens with zero attached hydrogens (tertiary/aromatic N) is 1. The molecule has 0 bridgehead atoms. The second-order valence-electron chi connectivity index (χ2n) is 25.8. The van der Waals surface area contributed by atoms with Gasteiger partial charge in [0.15, 0.2) is 0 Å². The molecule has 0 spiro atoms. The molecule has 0 aliphatic heterocycles. The second-order valence-corrected chi connectivity index (χ2v) is 27.2. The van der Waals surface area contributed by atoms with Crippen molar-refractivity contribution in [2.75, 3.05) is 40.9 Å². The number of esters is 1. The van der Waals surface area contributed by atoms with Gasteiger partial charge >= 0.3 is 13.8 Å². The lowest BCUT2D eigenvalue weighted by atomic mass is 10.0. The Morgan fingerprint density at radius 2 is 0.735 bits per heavy atom. The van der Waals surface area contributed by atoms with Crippen LogP contribution in [0.2, 0.25) is 0 Å². The third kappa shape index (κ3) is 64.3. The maximum atomic E-state index is 13.6. The molecule has 0 aromatic heterocycles. The summed E-state index contributed by atoms with van der Waals surface area (Å²) in [6.45, 7) is 7.04. The van der Waals surface area contributed by atoms with E-state index in [-0.39, 0.29) is 25.1 Å². The van der Waals surface area contributed by atoms with Crippen molar-refractivity contribution < 1.29 is 37.3 Å². The van der Waals surface area contributed by atoms with Crippen molar-refractivity contribution in [2.45, 2.75) is 367 Å². The van der Waals surface area contributed by atoms with Gasteiger partial charge in [-0.25, -0.2) is 4.57 Å². The average molecular weight is 1190 g/mol. The van der Waals surface area contributed by atoms with E-state index in [4.69, 9.17) is 13.8 Å². The number of carbonyl (C=O) groups excluding carboxylic acids is 2. The number of amides is 1. The molecule has 0 aliphatic carbocycles. The number of rotatable bonds is 66. The molecule has 3 unspecified atom stereocenters. The van der Waals surface area contributed by atoms with Gasteiger partial charge in [0.05, 0.1) is 33.8 Å². The number of likely N-dealkylation sites (N-methyl/N-ethyl adjacent to an activating group) is 1. The van der Waals surface area contributed by atoms with Crippen molar-refractivity contribution in [3.05, 3.63) is 48.6 Å². The van der Waals surface area contributed by atoms with Crippen LogP contribution in [-0.4, -0.2) is 74.3 Å². The SMILES string of the molecule is CCCCC/C=C\C/C=C\C/C=C\CCCCCCCCCCCCCCCCC(=O)OC(/C=C/CCCCCCCCCCC)C(COP(=O)(O)OCC[N+](C)(C)C)NC(=O)CCCCCCCCCCCCCCCCCCCCC. The molecule has 0 rings (SSSR count). The van der Waals surface area contributed by atoms with E-state index < -0.39 is 20.0 Å². The molecule has 2 N–H and O–H groups in total. The molecule has 3 atom stereocenters. The molecule has 0 radical (unpaired) electrons. The first-order valence-corrected chi connectivity index (χ1v) is 37.5. The Morgan fingerprint density at radius 1 is 0.422 bits per heavy atom. The summed E-state index contributed by atoms with van der Waals surface area (Å²) in [5.41, 5.74) is 0. The predicted octanol–water partition coefficient (Wildman–Crippen LogP) is 22.8. The Balaban J connectivity index is 4.96. The zero-order chi connectivity index (χ0) is 60.7. The van der Waals surface area contributed by atoms with Gasteiger partial charge < -0.3 is 19.4 Å². The van der Waals surface area contributed by atoms with Gasteiger partial charge in [-0.2, -0.15) is 0 Å². The number of phosphoric ester groups is 1. The van der Waals surface area contributed by atoms with Crippen molar-refractivity contribution in [3.8, 4) is 0 Å². The lowest BCUT2D eigenvalue weighted by Crippen LogP contribution is -2.47. The molecular weight excluding hydrogens is 1050 g/mol. The van der Waals surface area contributed by atoms with Gasteiger partial charge in [0.1, 0.15) is 19.3 Å². The maximum absolute atomic E-state index is 13.6. The lowest BCUT2D eigenvalue weighted by molar-refractivity contribution is -0.870. The van der Waals surface area contributed by atoms with Crippen LogP contribution in [0.1, 0.15) is 355 Å². The fourth-order valence-electron chi connectivity index (χ4n) is 10.7. The molecule has 0 saturated heterocycles. The van der Waals surface area contributed by atoms with Gasteiger partial charge in [-0.1, -0.05) is 320 Å². The van der Waals surface area contributed by atoms with E-state index in [1.165, 1.54) is 250 Å². The molecule has 0 fully saturated rings. The number of phosphoric acid groups is 1. The van der Waals surface area contributed by atoms with E-state index in [9.17, 15) is 19.0 Å². The largest absolute Gasteiger partial charge is 0.472 e. The van der Waals surface area contributed by atoms with Gasteiger partial charge in [-0.3, -0.25) is 18.6 Å². The van der Waals surface area contributed by atoms with E-state index in [1.54, 1.807) is 0 Å². The third-order valence-corrected chi connectivity index (χ3v) is 17.3. The number of carbonyl (C=O) groups is 2. The summed E-state index contributed by atoms with van der Waals surface area (Å²) in [6.07, 6.45) is 79.8. The van der Waals surface area contributed by atoms with Crippen molar-refractivity contribution >= 4 is 19.7 Å². The highest BCUT2D eigenvalue weighted by Crippen LogP contribution is 2.43. The highest BCUT2D eigenvalue weighted by molar-refractivity contribution is 7.47. The molecule has 1 amide bonds. The quantitative estimate of drug-likeness (QED) is 0.0205. The number of ether oxygens (including phenoxy) is 1. The fourth-order valence-corrected chi connectivity index (χ4v) is 11.5. The van der Waals surface area contributed by atoms with Gasteiger partial charge in [-0.15, -0.1) is 0 Å². The summed E-state index contributed by atoms with van der Waals surface area (Å²) >= 11 is 0. The summed E-state index contributed by atoms with van der Waals surface area (Å²) in [5, 5.41) is 3.07. The molecular formula is C73H140N2O7P+. The first-order valence-electron chi connectivity index (χ1n) is 36.0. The molecule has 9 nitrogen and oxygen atoms in total. The number of nitrogens with one attached hydrogen (secondary N) is 1. The zero-order valence-electron chi connectivity index (χ0n) is 56.0. The highest BCUT2D eigenvalue weighted by Gasteiger charge is 2.30. The summed E-state index contributed by atoms with van der Waals surface area (Å²) < 4.78 is 30.8. The van der Waals surface area contributed by atoms with Crippen LogP contribution in [-0.2, 0) is 27.9 Å². The van der Waals surface area contributed by atoms with Gasteiger partial charge in [-0.05, 0) is 70.3 Å². The predicted molar refractivity (Wildman–Crippen MR) is 360 cm³/mol. The van der Waals surface area contributed by atoms with Gasteiger partial charge in [0.25, 0.3) is 0 Å². The Bertz CT molecular complexity index is 1560. The molecule has 0 aliphatic rings. The first-order chi connectivity index (χ1) is 40.4. The smallest absolute Gasteiger partial charge is 0.456 e. The standard InChI is InChI=1S/C73H139N2O7P/c1-7-10-13-16-19-22-25-27-29-31-33-34-35-36-37-38-39-40-42-44-46-48-51-54-57-60-63-66-73(77)82-71(64-61-58-55-52-49-24-21-18-15-12-9-3)70(69-81-83(78,79)80-68-67-75(4,5)6)74-72(76)65-62-59-56-53-50-47-45-43-41-32-30-28-26-23-20-17-14-11-8-2/h19,22,27,29,33-34,61,64,70-71H,7-18,20-21,23-26,28,30-32,35-60,62-63,65-69H2,1-6H3,(H-,74,76,78,79)/p+1/b22-19-,29-27-,34-33-,64-61+. The normalized spacial score (nSPS) is 13.8. The lowest BCUT2D eigenvalue weighted by Gasteiger charge is -2.27. The topological polar surface area (TPSA) is 111 Å². The highest BCUT2D eigenvalue weighted by atomic mass is 31.2. The van der Waals surface area contributed by atoms with Crippen LogP contribution in [0.4, 0.5) is 0 Å². The maximum Gasteiger partial charge on any atom is 0.472 e. The summed E-state index contributed by atoms with van der Waals surface area (Å²) in [6, 6.07) is -0.846.